The van der Waals surface area contributed by atoms with Gasteiger partial charge in [-0.05, 0) is 44.3 Å². The molecular weight excluding hydrogens is 350 g/mol. The van der Waals surface area contributed by atoms with Crippen molar-refractivity contribution in [1.29, 1.82) is 0 Å². The van der Waals surface area contributed by atoms with E-state index in [-0.39, 0.29) is 5.92 Å². The molecule has 1 N–H and O–H groups in total. The number of benzene rings is 2. The quantitative estimate of drug-likeness (QED) is 0.864. The van der Waals surface area contributed by atoms with Gasteiger partial charge in [-0.15, -0.1) is 0 Å². The Morgan fingerprint density at radius 3 is 2.77 bits per heavy atom. The van der Waals surface area contributed by atoms with Crippen molar-refractivity contribution in [1.82, 2.24) is 4.90 Å². The summed E-state index contributed by atoms with van der Waals surface area (Å²) in [5.74, 6) is 1.43. The molecule has 26 heavy (non-hydrogen) atoms. The molecule has 2 unspecified atom stereocenters. The van der Waals surface area contributed by atoms with Crippen molar-refractivity contribution in [2.45, 2.75) is 18.4 Å². The monoisotopic (exact) mass is 375 g/mol. The molecule has 2 aromatic rings. The molecule has 0 amide bonds. The first-order valence-corrected chi connectivity index (χ1v) is 9.23. The van der Waals surface area contributed by atoms with Crippen LogP contribution in [0.3, 0.4) is 0 Å². The zero-order valence-electron chi connectivity index (χ0n) is 15.5. The molecule has 0 radical (unpaired) electrons. The standard InChI is InChI=1S/C21H26ClNO3/c1-23(2)14-16-10-11-26-19-7-5-4-6-17(19)21(16,24)13-15-8-9-18(22)20(12-15)25-3/h4-9,12,16,24H,10-11,13-14H2,1-3H3. The van der Waals surface area contributed by atoms with Crippen LogP contribution in [-0.2, 0) is 12.0 Å². The molecule has 0 saturated heterocycles. The fourth-order valence-corrected chi connectivity index (χ4v) is 3.96. The summed E-state index contributed by atoms with van der Waals surface area (Å²) >= 11 is 6.16. The molecule has 2 aromatic carbocycles. The Hall–Kier alpha value is -1.75. The van der Waals surface area contributed by atoms with Gasteiger partial charge in [0.15, 0.2) is 0 Å². The van der Waals surface area contributed by atoms with Gasteiger partial charge in [0.2, 0.25) is 0 Å². The van der Waals surface area contributed by atoms with Crippen LogP contribution in [0.4, 0.5) is 0 Å². The van der Waals surface area contributed by atoms with Gasteiger partial charge in [0.1, 0.15) is 17.1 Å². The van der Waals surface area contributed by atoms with Crippen LogP contribution in [-0.4, -0.2) is 44.4 Å². The molecule has 140 valence electrons. The smallest absolute Gasteiger partial charge is 0.137 e. The molecule has 1 aliphatic rings. The molecular formula is C21H26ClNO3. The maximum Gasteiger partial charge on any atom is 0.137 e. The summed E-state index contributed by atoms with van der Waals surface area (Å²) in [4.78, 5) is 2.12. The van der Waals surface area contributed by atoms with Gasteiger partial charge in [-0.3, -0.25) is 0 Å². The molecule has 1 aliphatic heterocycles. The number of nitrogens with zero attached hydrogens (tertiary/aromatic N) is 1. The summed E-state index contributed by atoms with van der Waals surface area (Å²) in [5, 5.41) is 12.5. The topological polar surface area (TPSA) is 41.9 Å². The van der Waals surface area contributed by atoms with Crippen LogP contribution in [0.2, 0.25) is 5.02 Å². The van der Waals surface area contributed by atoms with Crippen molar-refractivity contribution in [2.75, 3.05) is 34.4 Å². The summed E-state index contributed by atoms with van der Waals surface area (Å²) in [7, 11) is 5.66. The first-order chi connectivity index (χ1) is 12.4. The molecule has 0 saturated carbocycles. The normalized spacial score (nSPS) is 22.5. The number of rotatable bonds is 5. The van der Waals surface area contributed by atoms with Crippen LogP contribution < -0.4 is 9.47 Å². The second kappa shape index (κ2) is 7.87. The summed E-state index contributed by atoms with van der Waals surface area (Å²) in [6, 6.07) is 13.5. The number of para-hydroxylation sites is 1. The summed E-state index contributed by atoms with van der Waals surface area (Å²) < 4.78 is 11.3. The first-order valence-electron chi connectivity index (χ1n) is 8.86. The number of aliphatic hydroxyl groups is 1. The Morgan fingerprint density at radius 2 is 2.04 bits per heavy atom. The van der Waals surface area contributed by atoms with Crippen LogP contribution in [0.25, 0.3) is 0 Å². The van der Waals surface area contributed by atoms with E-state index in [9.17, 15) is 5.11 Å². The zero-order valence-corrected chi connectivity index (χ0v) is 16.3. The van der Waals surface area contributed by atoms with Crippen molar-refractivity contribution < 1.29 is 14.6 Å². The highest BCUT2D eigenvalue weighted by Gasteiger charge is 2.42. The van der Waals surface area contributed by atoms with E-state index in [1.54, 1.807) is 7.11 Å². The minimum Gasteiger partial charge on any atom is -0.495 e. The third-order valence-corrected chi connectivity index (χ3v) is 5.34. The minimum atomic E-state index is -1.03. The number of methoxy groups -OCH3 is 1. The number of halogens is 1. The number of ether oxygens (including phenoxy) is 2. The van der Waals surface area contributed by atoms with E-state index in [2.05, 4.69) is 4.90 Å². The molecule has 0 aromatic heterocycles. The molecule has 0 fully saturated rings. The maximum atomic E-state index is 11.9. The van der Waals surface area contributed by atoms with Gasteiger partial charge in [0.25, 0.3) is 0 Å². The Bertz CT molecular complexity index is 765. The van der Waals surface area contributed by atoms with Crippen LogP contribution >= 0.6 is 11.6 Å². The van der Waals surface area contributed by atoms with Crippen molar-refractivity contribution in [3.63, 3.8) is 0 Å². The maximum absolute atomic E-state index is 11.9. The van der Waals surface area contributed by atoms with E-state index in [1.807, 2.05) is 56.6 Å². The lowest BCUT2D eigenvalue weighted by Gasteiger charge is -2.37. The highest BCUT2D eigenvalue weighted by atomic mass is 35.5. The number of hydrogen-bond acceptors (Lipinski definition) is 4. The van der Waals surface area contributed by atoms with E-state index in [1.165, 1.54) is 0 Å². The second-order valence-corrected chi connectivity index (χ2v) is 7.57. The van der Waals surface area contributed by atoms with E-state index in [0.717, 1.165) is 29.8 Å². The molecule has 3 rings (SSSR count). The molecule has 5 heteroatoms. The predicted octanol–water partition coefficient (Wildman–Crippen LogP) is 3.74. The molecule has 0 spiro atoms. The van der Waals surface area contributed by atoms with Crippen LogP contribution in [0.15, 0.2) is 42.5 Å². The second-order valence-electron chi connectivity index (χ2n) is 7.16. The first kappa shape index (κ1) is 19.0. The average molecular weight is 376 g/mol. The largest absolute Gasteiger partial charge is 0.495 e. The van der Waals surface area contributed by atoms with E-state index >= 15 is 0 Å². The third-order valence-electron chi connectivity index (χ3n) is 5.03. The lowest BCUT2D eigenvalue weighted by atomic mass is 9.75. The van der Waals surface area contributed by atoms with Gasteiger partial charge in [-0.25, -0.2) is 0 Å². The Kier molecular flexibility index (Phi) is 5.76. The fourth-order valence-electron chi connectivity index (χ4n) is 3.77. The highest BCUT2D eigenvalue weighted by molar-refractivity contribution is 6.32. The van der Waals surface area contributed by atoms with Gasteiger partial charge in [-0.1, -0.05) is 35.9 Å². The molecule has 4 nitrogen and oxygen atoms in total. The number of hydrogen-bond donors (Lipinski definition) is 1. The summed E-state index contributed by atoms with van der Waals surface area (Å²) in [6.07, 6.45) is 1.26. The predicted molar refractivity (Wildman–Crippen MR) is 104 cm³/mol. The van der Waals surface area contributed by atoms with Gasteiger partial charge in [-0.2, -0.15) is 0 Å². The summed E-state index contributed by atoms with van der Waals surface area (Å²) in [5.41, 5.74) is 0.795. The molecule has 0 aliphatic carbocycles. The summed E-state index contributed by atoms with van der Waals surface area (Å²) in [6.45, 7) is 1.38. The number of fused-ring (bicyclic) bond motifs is 1. The fraction of sp³-hybridized carbons (Fsp3) is 0.429. The van der Waals surface area contributed by atoms with Crippen LogP contribution in [0, 0.1) is 5.92 Å². The molecule has 0 bridgehead atoms. The Morgan fingerprint density at radius 1 is 1.27 bits per heavy atom. The van der Waals surface area contributed by atoms with Crippen molar-refractivity contribution in [3.8, 4) is 11.5 Å². The zero-order chi connectivity index (χ0) is 18.7. The van der Waals surface area contributed by atoms with Gasteiger partial charge >= 0.3 is 0 Å². The van der Waals surface area contributed by atoms with Crippen molar-refractivity contribution in [2.24, 2.45) is 5.92 Å². The Balaban J connectivity index is 2.05. The van der Waals surface area contributed by atoms with Gasteiger partial charge in [0.05, 0.1) is 18.7 Å². The highest BCUT2D eigenvalue weighted by Crippen LogP contribution is 2.43. The van der Waals surface area contributed by atoms with Crippen LogP contribution in [0.1, 0.15) is 17.5 Å². The van der Waals surface area contributed by atoms with Crippen LogP contribution in [0.5, 0.6) is 11.5 Å². The van der Waals surface area contributed by atoms with E-state index in [4.69, 9.17) is 21.1 Å². The Labute approximate surface area is 160 Å². The third kappa shape index (κ3) is 3.83. The van der Waals surface area contributed by atoms with Gasteiger partial charge in [0, 0.05) is 24.4 Å². The van der Waals surface area contributed by atoms with Crippen molar-refractivity contribution >= 4 is 11.6 Å². The lowest BCUT2D eigenvalue weighted by molar-refractivity contribution is -0.0337. The van der Waals surface area contributed by atoms with E-state index < -0.39 is 5.60 Å². The molecule has 2 atom stereocenters. The van der Waals surface area contributed by atoms with Crippen molar-refractivity contribution in [3.05, 3.63) is 58.6 Å². The lowest BCUT2D eigenvalue weighted by Crippen LogP contribution is -2.42. The van der Waals surface area contributed by atoms with Gasteiger partial charge < -0.3 is 19.5 Å². The minimum absolute atomic E-state index is 0.0443. The molecule has 1 heterocycles. The SMILES string of the molecule is COc1cc(CC2(O)c3ccccc3OCCC2CN(C)C)ccc1Cl. The van der Waals surface area contributed by atoms with E-state index in [0.29, 0.717) is 23.8 Å². The average Bonchev–Trinajstić information content (AvgIpc) is 2.74.